The lowest BCUT2D eigenvalue weighted by Gasteiger charge is -2.27. The number of halogens is 1. The fraction of sp³-hybridized carbons (Fsp3) is 0.208. The van der Waals surface area contributed by atoms with Crippen LogP contribution in [0.3, 0.4) is 0 Å². The predicted molar refractivity (Wildman–Crippen MR) is 121 cm³/mol. The maximum absolute atomic E-state index is 13.1. The minimum absolute atomic E-state index is 0.149. The van der Waals surface area contributed by atoms with Crippen molar-refractivity contribution in [2.24, 2.45) is 7.05 Å². The van der Waals surface area contributed by atoms with Crippen LogP contribution in [-0.2, 0) is 17.6 Å². The average molecular weight is 450 g/mol. The summed E-state index contributed by atoms with van der Waals surface area (Å²) in [5.74, 6) is 3.09. The van der Waals surface area contributed by atoms with Gasteiger partial charge in [0.15, 0.2) is 5.16 Å². The Morgan fingerprint density at radius 3 is 2.62 bits per heavy atom. The molecule has 3 aromatic rings. The van der Waals surface area contributed by atoms with Gasteiger partial charge in [0.2, 0.25) is 5.91 Å². The highest BCUT2D eigenvalue weighted by Crippen LogP contribution is 2.36. The second kappa shape index (κ2) is 9.28. The van der Waals surface area contributed by atoms with Gasteiger partial charge in [-0.3, -0.25) is 9.59 Å². The van der Waals surface area contributed by atoms with E-state index in [2.05, 4.69) is 16.2 Å². The third kappa shape index (κ3) is 4.53. The zero-order valence-electron chi connectivity index (χ0n) is 17.3. The molecule has 0 spiro atoms. The summed E-state index contributed by atoms with van der Waals surface area (Å²) in [7, 11) is 1.76. The summed E-state index contributed by atoms with van der Waals surface area (Å²) in [4.78, 5) is 29.7. The monoisotopic (exact) mass is 449 g/mol. The molecule has 2 aromatic carbocycles. The zero-order chi connectivity index (χ0) is 22.7. The van der Waals surface area contributed by atoms with Gasteiger partial charge in [0.05, 0.1) is 5.56 Å². The fourth-order valence-electron chi connectivity index (χ4n) is 3.60. The van der Waals surface area contributed by atoms with Crippen molar-refractivity contribution in [3.63, 3.8) is 0 Å². The molecule has 1 aliphatic heterocycles. The number of nitrogens with one attached hydrogen (secondary N) is 1. The standard InChI is InChI=1S/C24H20FN3O3S/c1-3-12-31-18-10-6-16(7-11-18)19-13-20(29)26-22-21(19)23(30)27-24(28(22)2)32-14-15-4-8-17(25)9-5-15/h1,4-11,19H,12-14H2,2H3,(H,26,29)/t19-/m0/s1. The van der Waals surface area contributed by atoms with Gasteiger partial charge < -0.3 is 14.6 Å². The molecule has 1 amide bonds. The first-order chi connectivity index (χ1) is 15.5. The molecule has 4 rings (SSSR count). The first-order valence-corrected chi connectivity index (χ1v) is 10.9. The summed E-state index contributed by atoms with van der Waals surface area (Å²) in [5, 5.41) is 3.30. The van der Waals surface area contributed by atoms with Gasteiger partial charge >= 0.3 is 0 Å². The van der Waals surface area contributed by atoms with Crippen LogP contribution in [0.1, 0.15) is 29.0 Å². The van der Waals surface area contributed by atoms with Gasteiger partial charge in [-0.2, -0.15) is 4.98 Å². The average Bonchev–Trinajstić information content (AvgIpc) is 2.80. The van der Waals surface area contributed by atoms with Crippen LogP contribution in [0.4, 0.5) is 10.2 Å². The number of benzene rings is 2. The number of hydrogen-bond donors (Lipinski definition) is 1. The molecule has 0 fully saturated rings. The van der Waals surface area contributed by atoms with Crippen molar-refractivity contribution in [1.29, 1.82) is 0 Å². The number of hydrogen-bond acceptors (Lipinski definition) is 5. The summed E-state index contributed by atoms with van der Waals surface area (Å²) in [6.07, 6.45) is 5.36. The van der Waals surface area contributed by atoms with Gasteiger partial charge in [-0.1, -0.05) is 41.9 Å². The van der Waals surface area contributed by atoms with Crippen LogP contribution in [-0.4, -0.2) is 22.1 Å². The number of carbonyl (C=O) groups is 1. The Morgan fingerprint density at radius 1 is 1.22 bits per heavy atom. The van der Waals surface area contributed by atoms with Gasteiger partial charge in [0.1, 0.15) is 24.0 Å². The van der Waals surface area contributed by atoms with Crippen molar-refractivity contribution in [3.8, 4) is 18.1 Å². The van der Waals surface area contributed by atoms with Crippen molar-refractivity contribution in [1.82, 2.24) is 9.55 Å². The molecule has 32 heavy (non-hydrogen) atoms. The van der Waals surface area contributed by atoms with E-state index < -0.39 is 5.92 Å². The molecule has 1 aromatic heterocycles. The van der Waals surface area contributed by atoms with Gasteiger partial charge in [-0.15, -0.1) is 6.42 Å². The number of aromatic nitrogens is 2. The number of fused-ring (bicyclic) bond motifs is 1. The maximum atomic E-state index is 13.1. The summed E-state index contributed by atoms with van der Waals surface area (Å²) >= 11 is 1.35. The number of ether oxygens (including phenoxy) is 1. The lowest BCUT2D eigenvalue weighted by molar-refractivity contribution is -0.116. The van der Waals surface area contributed by atoms with Crippen molar-refractivity contribution in [2.45, 2.75) is 23.2 Å². The van der Waals surface area contributed by atoms with Crippen molar-refractivity contribution in [2.75, 3.05) is 11.9 Å². The molecule has 162 valence electrons. The van der Waals surface area contributed by atoms with E-state index >= 15 is 0 Å². The fourth-order valence-corrected chi connectivity index (χ4v) is 4.52. The highest BCUT2D eigenvalue weighted by atomic mass is 32.2. The maximum Gasteiger partial charge on any atom is 0.279 e. The van der Waals surface area contributed by atoms with Crippen LogP contribution < -0.4 is 15.6 Å². The molecule has 0 saturated carbocycles. The number of nitrogens with zero attached hydrogens (tertiary/aromatic N) is 2. The number of carbonyl (C=O) groups excluding carboxylic acids is 1. The highest BCUT2D eigenvalue weighted by molar-refractivity contribution is 7.98. The van der Waals surface area contributed by atoms with Gasteiger partial charge in [-0.25, -0.2) is 4.39 Å². The third-order valence-corrected chi connectivity index (χ3v) is 6.29. The summed E-state index contributed by atoms with van der Waals surface area (Å²) in [6, 6.07) is 13.4. The Hall–Kier alpha value is -3.57. The van der Waals surface area contributed by atoms with Crippen LogP contribution >= 0.6 is 11.8 Å². The molecule has 0 saturated heterocycles. The van der Waals surface area contributed by atoms with Crippen molar-refractivity contribution in [3.05, 3.63) is 81.4 Å². The third-order valence-electron chi connectivity index (χ3n) is 5.19. The number of rotatable bonds is 6. The van der Waals surface area contributed by atoms with Crippen LogP contribution in [0.25, 0.3) is 0 Å². The van der Waals surface area contributed by atoms with E-state index in [1.807, 2.05) is 12.1 Å². The molecule has 1 aliphatic rings. The summed E-state index contributed by atoms with van der Waals surface area (Å²) in [6.45, 7) is 0.164. The molecular weight excluding hydrogens is 429 g/mol. The van der Waals surface area contributed by atoms with E-state index in [9.17, 15) is 14.0 Å². The molecule has 1 atom stereocenters. The predicted octanol–water partition coefficient (Wildman–Crippen LogP) is 3.70. The minimum atomic E-state index is -0.414. The molecular formula is C24H20FN3O3S. The Bertz CT molecular complexity index is 1250. The smallest absolute Gasteiger partial charge is 0.279 e. The topological polar surface area (TPSA) is 73.2 Å². The number of amides is 1. The van der Waals surface area contributed by atoms with Gasteiger partial charge in [0, 0.05) is 25.1 Å². The first-order valence-electron chi connectivity index (χ1n) is 9.90. The lowest BCUT2D eigenvalue weighted by atomic mass is 9.87. The van der Waals surface area contributed by atoms with E-state index in [4.69, 9.17) is 11.2 Å². The molecule has 0 aliphatic carbocycles. The minimum Gasteiger partial charge on any atom is -0.481 e. The molecule has 6 nitrogen and oxygen atoms in total. The van der Waals surface area contributed by atoms with Crippen molar-refractivity contribution < 1.29 is 13.9 Å². The molecule has 2 heterocycles. The van der Waals surface area contributed by atoms with E-state index in [1.54, 1.807) is 35.9 Å². The first kappa shape index (κ1) is 21.7. The molecule has 0 radical (unpaired) electrons. The number of thioether (sulfide) groups is 1. The number of anilines is 1. The molecule has 0 bridgehead atoms. The van der Waals surface area contributed by atoms with Crippen LogP contribution in [0.5, 0.6) is 5.75 Å². The Kier molecular flexibility index (Phi) is 6.28. The molecule has 1 N–H and O–H groups in total. The Labute approximate surface area is 188 Å². The van der Waals surface area contributed by atoms with Crippen LogP contribution in [0.2, 0.25) is 0 Å². The molecule has 0 unspecified atom stereocenters. The summed E-state index contributed by atoms with van der Waals surface area (Å²) < 4.78 is 20.2. The lowest BCUT2D eigenvalue weighted by Crippen LogP contribution is -2.33. The van der Waals surface area contributed by atoms with Gasteiger partial charge in [-0.05, 0) is 35.4 Å². The van der Waals surface area contributed by atoms with Crippen LogP contribution in [0, 0.1) is 18.2 Å². The van der Waals surface area contributed by atoms with Crippen LogP contribution in [0.15, 0.2) is 58.5 Å². The Morgan fingerprint density at radius 2 is 1.94 bits per heavy atom. The van der Waals surface area contributed by atoms with E-state index in [0.717, 1.165) is 11.1 Å². The molecule has 8 heteroatoms. The van der Waals surface area contributed by atoms with Gasteiger partial charge in [0.25, 0.3) is 5.56 Å². The normalized spacial score (nSPS) is 14.9. The highest BCUT2D eigenvalue weighted by Gasteiger charge is 2.32. The van der Waals surface area contributed by atoms with E-state index in [-0.39, 0.29) is 30.3 Å². The zero-order valence-corrected chi connectivity index (χ0v) is 18.1. The van der Waals surface area contributed by atoms with E-state index in [1.165, 1.54) is 23.9 Å². The Balaban J connectivity index is 1.64. The van der Waals surface area contributed by atoms with E-state index in [0.29, 0.717) is 28.0 Å². The SMILES string of the molecule is C#CCOc1ccc([C@@H]2CC(=O)Nc3c2c(=O)nc(SCc2ccc(F)cc2)n3C)cc1. The number of terminal acetylenes is 1. The largest absolute Gasteiger partial charge is 0.481 e. The second-order valence-corrected chi connectivity index (χ2v) is 8.25. The quantitative estimate of drug-likeness (QED) is 0.353. The van der Waals surface area contributed by atoms with Crippen molar-refractivity contribution >= 4 is 23.5 Å². The summed E-state index contributed by atoms with van der Waals surface area (Å²) in [5.41, 5.74) is 1.80. The second-order valence-electron chi connectivity index (χ2n) is 7.30.